The van der Waals surface area contributed by atoms with Crippen LogP contribution in [-0.2, 0) is 14.3 Å². The summed E-state index contributed by atoms with van der Waals surface area (Å²) in [5.74, 6) is -1.27. The van der Waals surface area contributed by atoms with Gasteiger partial charge in [0.05, 0.1) is 10.5 Å². The zero-order chi connectivity index (χ0) is 21.3. The number of nitrogens with zero attached hydrogens (tertiary/aromatic N) is 1. The molecule has 0 saturated carbocycles. The summed E-state index contributed by atoms with van der Waals surface area (Å²) in [7, 11) is 0. The molecule has 3 aromatic carbocycles. The van der Waals surface area contributed by atoms with Crippen LogP contribution in [-0.4, -0.2) is 23.4 Å². The van der Waals surface area contributed by atoms with Crippen LogP contribution in [0.3, 0.4) is 0 Å². The van der Waals surface area contributed by atoms with Crippen LogP contribution >= 0.6 is 0 Å². The molecule has 3 aromatic rings. The fourth-order valence-corrected chi connectivity index (χ4v) is 2.79. The van der Waals surface area contributed by atoms with Gasteiger partial charge in [-0.3, -0.25) is 14.9 Å². The number of para-hydroxylation sites is 2. The van der Waals surface area contributed by atoms with Crippen LogP contribution in [0.2, 0.25) is 0 Å². The first-order valence-electron chi connectivity index (χ1n) is 9.07. The third-order valence-corrected chi connectivity index (χ3v) is 4.16. The predicted octanol–water partition coefficient (Wildman–Crippen LogP) is 4.46. The molecule has 7 heteroatoms. The van der Waals surface area contributed by atoms with E-state index >= 15 is 0 Å². The van der Waals surface area contributed by atoms with Crippen LogP contribution in [0, 0.1) is 10.1 Å². The van der Waals surface area contributed by atoms with Crippen molar-refractivity contribution >= 4 is 29.3 Å². The van der Waals surface area contributed by atoms with E-state index in [1.165, 1.54) is 24.3 Å². The number of carbonyl (C=O) groups is 2. The number of carbonyl (C=O) groups excluding carboxylic acids is 2. The van der Waals surface area contributed by atoms with Crippen molar-refractivity contribution in [3.63, 3.8) is 0 Å². The Morgan fingerprint density at radius 2 is 1.60 bits per heavy atom. The fraction of sp³-hybridized carbons (Fsp3) is 0.0435. The molecule has 0 aliphatic carbocycles. The van der Waals surface area contributed by atoms with E-state index in [1.807, 2.05) is 42.5 Å². The second-order valence-corrected chi connectivity index (χ2v) is 6.22. The molecule has 0 spiro atoms. The van der Waals surface area contributed by atoms with Crippen molar-refractivity contribution in [1.29, 1.82) is 0 Å². The van der Waals surface area contributed by atoms with Gasteiger partial charge in [0.15, 0.2) is 6.61 Å². The minimum absolute atomic E-state index is 0.128. The van der Waals surface area contributed by atoms with Crippen molar-refractivity contribution in [3.05, 3.63) is 101 Å². The van der Waals surface area contributed by atoms with Crippen LogP contribution in [0.4, 0.5) is 11.4 Å². The van der Waals surface area contributed by atoms with Gasteiger partial charge in [-0.25, -0.2) is 4.79 Å². The number of hydrogen-bond donors (Lipinski definition) is 1. The van der Waals surface area contributed by atoms with E-state index in [0.29, 0.717) is 5.69 Å². The summed E-state index contributed by atoms with van der Waals surface area (Å²) in [4.78, 5) is 34.5. The zero-order valence-corrected chi connectivity index (χ0v) is 15.9. The maximum Gasteiger partial charge on any atom is 0.331 e. The average molecular weight is 402 g/mol. The first-order valence-corrected chi connectivity index (χ1v) is 9.07. The van der Waals surface area contributed by atoms with Gasteiger partial charge in [-0.15, -0.1) is 0 Å². The van der Waals surface area contributed by atoms with E-state index in [2.05, 4.69) is 5.32 Å². The summed E-state index contributed by atoms with van der Waals surface area (Å²) < 4.78 is 4.94. The molecule has 0 aromatic heterocycles. The van der Waals surface area contributed by atoms with E-state index in [0.717, 1.165) is 17.2 Å². The largest absolute Gasteiger partial charge is 0.452 e. The SMILES string of the molecule is O=C(COC(=O)/C=C/c1ccccc1[N+](=O)[O-])Nc1ccccc1-c1ccccc1. The van der Waals surface area contributed by atoms with E-state index in [-0.39, 0.29) is 11.3 Å². The molecule has 1 N–H and O–H groups in total. The molecule has 0 aliphatic heterocycles. The molecule has 0 fully saturated rings. The number of nitrogens with one attached hydrogen (secondary N) is 1. The summed E-state index contributed by atoms with van der Waals surface area (Å²) in [5, 5.41) is 13.7. The lowest BCUT2D eigenvalue weighted by atomic mass is 10.0. The summed E-state index contributed by atoms with van der Waals surface area (Å²) in [6, 6.07) is 22.9. The number of esters is 1. The van der Waals surface area contributed by atoms with Crippen molar-refractivity contribution in [2.24, 2.45) is 0 Å². The molecule has 0 unspecified atom stereocenters. The Morgan fingerprint density at radius 3 is 2.37 bits per heavy atom. The van der Waals surface area contributed by atoms with Crippen LogP contribution in [0.15, 0.2) is 84.9 Å². The molecule has 0 atom stereocenters. The van der Waals surface area contributed by atoms with E-state index in [4.69, 9.17) is 4.74 Å². The molecule has 30 heavy (non-hydrogen) atoms. The highest BCUT2D eigenvalue weighted by Gasteiger charge is 2.12. The standard InChI is InChI=1S/C23H18N2O5/c26-22(24-20-12-6-5-11-19(20)17-8-2-1-3-9-17)16-30-23(27)15-14-18-10-4-7-13-21(18)25(28)29/h1-15H,16H2,(H,24,26)/b15-14+. The quantitative estimate of drug-likeness (QED) is 0.272. The number of amides is 1. The highest BCUT2D eigenvalue weighted by Crippen LogP contribution is 2.27. The van der Waals surface area contributed by atoms with E-state index in [1.54, 1.807) is 18.2 Å². The minimum Gasteiger partial charge on any atom is -0.452 e. The third kappa shape index (κ3) is 5.39. The van der Waals surface area contributed by atoms with Gasteiger partial charge in [-0.2, -0.15) is 0 Å². The maximum atomic E-state index is 12.2. The predicted molar refractivity (Wildman–Crippen MR) is 114 cm³/mol. The molecule has 0 heterocycles. The molecule has 150 valence electrons. The summed E-state index contributed by atoms with van der Waals surface area (Å²) >= 11 is 0. The maximum absolute atomic E-state index is 12.2. The normalized spacial score (nSPS) is 10.5. The number of hydrogen-bond acceptors (Lipinski definition) is 5. The van der Waals surface area contributed by atoms with E-state index in [9.17, 15) is 19.7 Å². The second kappa shape index (κ2) is 9.79. The second-order valence-electron chi connectivity index (χ2n) is 6.22. The van der Waals surface area contributed by atoms with E-state index < -0.39 is 23.4 Å². The number of anilines is 1. The Kier molecular flexibility index (Phi) is 6.68. The summed E-state index contributed by atoms with van der Waals surface area (Å²) in [5.41, 5.74) is 2.52. The van der Waals surface area contributed by atoms with Crippen LogP contribution < -0.4 is 5.32 Å². The summed E-state index contributed by atoms with van der Waals surface area (Å²) in [6.07, 6.45) is 2.33. The number of benzene rings is 3. The number of ether oxygens (including phenoxy) is 1. The van der Waals surface area contributed by atoms with Crippen molar-refractivity contribution in [1.82, 2.24) is 0 Å². The van der Waals surface area contributed by atoms with Gasteiger partial charge < -0.3 is 10.1 Å². The van der Waals surface area contributed by atoms with Gasteiger partial charge in [-0.1, -0.05) is 60.7 Å². The molecule has 3 rings (SSSR count). The molecule has 1 amide bonds. The molecule has 0 radical (unpaired) electrons. The van der Waals surface area contributed by atoms with Gasteiger partial charge in [0.25, 0.3) is 11.6 Å². The Morgan fingerprint density at radius 1 is 0.933 bits per heavy atom. The Balaban J connectivity index is 1.60. The Bertz CT molecular complexity index is 1090. The topological polar surface area (TPSA) is 98.5 Å². The first kappa shape index (κ1) is 20.5. The lowest BCUT2D eigenvalue weighted by Gasteiger charge is -2.11. The molecule has 0 aliphatic rings. The van der Waals surface area contributed by atoms with Gasteiger partial charge in [0.1, 0.15) is 0 Å². The third-order valence-electron chi connectivity index (χ3n) is 4.16. The zero-order valence-electron chi connectivity index (χ0n) is 15.9. The van der Waals surface area contributed by atoms with Crippen LogP contribution in [0.1, 0.15) is 5.56 Å². The minimum atomic E-state index is -0.778. The van der Waals surface area contributed by atoms with Crippen molar-refractivity contribution in [3.8, 4) is 11.1 Å². The molecule has 7 nitrogen and oxygen atoms in total. The van der Waals surface area contributed by atoms with Gasteiger partial charge in [-0.05, 0) is 23.8 Å². The Hall–Kier alpha value is -4.26. The molecule has 0 saturated heterocycles. The van der Waals surface area contributed by atoms with Crippen molar-refractivity contribution in [2.75, 3.05) is 11.9 Å². The van der Waals surface area contributed by atoms with Crippen molar-refractivity contribution in [2.45, 2.75) is 0 Å². The number of nitro groups is 1. The lowest BCUT2D eigenvalue weighted by Crippen LogP contribution is -2.20. The van der Waals surface area contributed by atoms with Crippen LogP contribution in [0.5, 0.6) is 0 Å². The highest BCUT2D eigenvalue weighted by atomic mass is 16.6. The van der Waals surface area contributed by atoms with Crippen LogP contribution in [0.25, 0.3) is 17.2 Å². The molecular formula is C23H18N2O5. The van der Waals surface area contributed by atoms with Crippen molar-refractivity contribution < 1.29 is 19.2 Å². The van der Waals surface area contributed by atoms with Gasteiger partial charge in [0, 0.05) is 23.4 Å². The first-order chi connectivity index (χ1) is 14.5. The molecular weight excluding hydrogens is 384 g/mol. The lowest BCUT2D eigenvalue weighted by molar-refractivity contribution is -0.385. The highest BCUT2D eigenvalue weighted by molar-refractivity contribution is 5.97. The van der Waals surface area contributed by atoms with Gasteiger partial charge in [0.2, 0.25) is 0 Å². The van der Waals surface area contributed by atoms with Gasteiger partial charge >= 0.3 is 5.97 Å². The molecule has 0 bridgehead atoms. The number of nitro benzene ring substituents is 1. The monoisotopic (exact) mass is 402 g/mol. The fourth-order valence-electron chi connectivity index (χ4n) is 2.79. The average Bonchev–Trinajstić information content (AvgIpc) is 2.77. The Labute approximate surface area is 172 Å². The smallest absolute Gasteiger partial charge is 0.331 e. The number of rotatable bonds is 7. The summed E-state index contributed by atoms with van der Waals surface area (Å²) in [6.45, 7) is -0.483.